The lowest BCUT2D eigenvalue weighted by atomic mass is 10.2. The molecule has 3 amide bonds. The molecule has 1 aromatic rings. The lowest BCUT2D eigenvalue weighted by molar-refractivity contribution is -0.119. The third kappa shape index (κ3) is 5.51. The van der Waals surface area contributed by atoms with E-state index < -0.39 is 17.3 Å². The molecule has 0 fully saturated rings. The van der Waals surface area contributed by atoms with Crippen molar-refractivity contribution in [2.75, 3.05) is 18.5 Å². The molecule has 0 aliphatic carbocycles. The summed E-state index contributed by atoms with van der Waals surface area (Å²) in [4.78, 5) is 22.9. The number of nitrogens with one attached hydrogen (secondary N) is 2. The largest absolute Gasteiger partial charge is 0.490 e. The third-order valence-corrected chi connectivity index (χ3v) is 2.60. The average Bonchev–Trinajstić information content (AvgIpc) is 2.42. The zero-order chi connectivity index (χ0) is 15.8. The van der Waals surface area contributed by atoms with Crippen LogP contribution in [0, 0.1) is 0 Å². The van der Waals surface area contributed by atoms with E-state index in [0.29, 0.717) is 30.4 Å². The number of rotatable bonds is 6. The second-order valence-corrected chi connectivity index (χ2v) is 4.74. The van der Waals surface area contributed by atoms with Gasteiger partial charge in [0.2, 0.25) is 5.91 Å². The number of amides is 3. The van der Waals surface area contributed by atoms with Crippen molar-refractivity contribution in [1.29, 1.82) is 0 Å². The molecule has 21 heavy (non-hydrogen) atoms. The summed E-state index contributed by atoms with van der Waals surface area (Å²) < 4.78 is 10.9. The van der Waals surface area contributed by atoms with E-state index in [2.05, 4.69) is 10.6 Å². The highest BCUT2D eigenvalue weighted by atomic mass is 35.5. The SMILES string of the molecule is CCOc1ccc(NC(=O)NC(=O)C(C)Cl)cc1OCC. The molecule has 1 aromatic carbocycles. The lowest BCUT2D eigenvalue weighted by Crippen LogP contribution is -2.38. The topological polar surface area (TPSA) is 76.7 Å². The summed E-state index contributed by atoms with van der Waals surface area (Å²) in [6.07, 6.45) is 0. The maximum absolute atomic E-state index is 11.6. The fourth-order valence-electron chi connectivity index (χ4n) is 1.50. The molecule has 0 saturated carbocycles. The van der Waals surface area contributed by atoms with Crippen LogP contribution in [-0.4, -0.2) is 30.5 Å². The van der Waals surface area contributed by atoms with E-state index in [1.807, 2.05) is 13.8 Å². The van der Waals surface area contributed by atoms with Crippen LogP contribution in [0.4, 0.5) is 10.5 Å². The van der Waals surface area contributed by atoms with Crippen molar-refractivity contribution >= 4 is 29.2 Å². The van der Waals surface area contributed by atoms with Crippen LogP contribution in [-0.2, 0) is 4.79 Å². The second kappa shape index (κ2) is 8.36. The summed E-state index contributed by atoms with van der Waals surface area (Å²) in [5.74, 6) is 0.551. The van der Waals surface area contributed by atoms with Crippen molar-refractivity contribution in [1.82, 2.24) is 5.32 Å². The van der Waals surface area contributed by atoms with Crippen LogP contribution >= 0.6 is 11.6 Å². The minimum Gasteiger partial charge on any atom is -0.490 e. The van der Waals surface area contributed by atoms with Gasteiger partial charge in [-0.2, -0.15) is 0 Å². The molecule has 7 heteroatoms. The minimum absolute atomic E-state index is 0.470. The Hall–Kier alpha value is -1.95. The molecule has 0 saturated heterocycles. The van der Waals surface area contributed by atoms with Gasteiger partial charge in [0.05, 0.1) is 13.2 Å². The van der Waals surface area contributed by atoms with Crippen molar-refractivity contribution < 1.29 is 19.1 Å². The van der Waals surface area contributed by atoms with Gasteiger partial charge in [-0.1, -0.05) is 0 Å². The van der Waals surface area contributed by atoms with Crippen molar-refractivity contribution in [3.05, 3.63) is 18.2 Å². The molecule has 2 N–H and O–H groups in total. The molecule has 0 bridgehead atoms. The summed E-state index contributed by atoms with van der Waals surface area (Å²) in [5, 5.41) is 3.87. The van der Waals surface area contributed by atoms with Gasteiger partial charge in [0.15, 0.2) is 11.5 Å². The Kier molecular flexibility index (Phi) is 6.81. The number of hydrogen-bond donors (Lipinski definition) is 2. The summed E-state index contributed by atoms with van der Waals surface area (Å²) in [6, 6.07) is 4.32. The molecule has 0 aromatic heterocycles. The van der Waals surface area contributed by atoms with Gasteiger partial charge in [-0.15, -0.1) is 11.6 Å². The second-order valence-electron chi connectivity index (χ2n) is 4.09. The van der Waals surface area contributed by atoms with Gasteiger partial charge in [0.25, 0.3) is 0 Å². The first-order chi connectivity index (χ1) is 9.97. The monoisotopic (exact) mass is 314 g/mol. The first kappa shape index (κ1) is 17.1. The number of benzene rings is 1. The van der Waals surface area contributed by atoms with E-state index in [1.165, 1.54) is 6.92 Å². The van der Waals surface area contributed by atoms with E-state index >= 15 is 0 Å². The Bertz CT molecular complexity index is 506. The molecule has 1 rings (SSSR count). The maximum Gasteiger partial charge on any atom is 0.325 e. The highest BCUT2D eigenvalue weighted by Crippen LogP contribution is 2.30. The summed E-state index contributed by atoms with van der Waals surface area (Å²) in [7, 11) is 0. The summed E-state index contributed by atoms with van der Waals surface area (Å²) in [5.41, 5.74) is 0.481. The number of hydrogen-bond acceptors (Lipinski definition) is 4. The van der Waals surface area contributed by atoms with E-state index in [4.69, 9.17) is 21.1 Å². The predicted molar refractivity (Wildman–Crippen MR) is 81.3 cm³/mol. The molecule has 0 aliphatic heterocycles. The smallest absolute Gasteiger partial charge is 0.325 e. The van der Waals surface area contributed by atoms with Gasteiger partial charge in [0, 0.05) is 11.8 Å². The van der Waals surface area contributed by atoms with E-state index in [0.717, 1.165) is 0 Å². The van der Waals surface area contributed by atoms with Gasteiger partial charge in [-0.05, 0) is 32.9 Å². The molecule has 1 atom stereocenters. The van der Waals surface area contributed by atoms with Gasteiger partial charge in [0.1, 0.15) is 5.38 Å². The van der Waals surface area contributed by atoms with E-state index in [-0.39, 0.29) is 0 Å². The van der Waals surface area contributed by atoms with Gasteiger partial charge >= 0.3 is 6.03 Å². The molecule has 0 radical (unpaired) electrons. The highest BCUT2D eigenvalue weighted by Gasteiger charge is 2.14. The van der Waals surface area contributed by atoms with E-state index in [1.54, 1.807) is 18.2 Å². The highest BCUT2D eigenvalue weighted by molar-refractivity contribution is 6.31. The molecular formula is C14H19ClN2O4. The Morgan fingerprint density at radius 1 is 1.19 bits per heavy atom. The van der Waals surface area contributed by atoms with Crippen LogP contribution in [0.25, 0.3) is 0 Å². The van der Waals surface area contributed by atoms with Gasteiger partial charge in [-0.25, -0.2) is 4.79 Å². The molecule has 116 valence electrons. The fourth-order valence-corrected chi connectivity index (χ4v) is 1.56. The fraction of sp³-hybridized carbons (Fsp3) is 0.429. The Morgan fingerprint density at radius 2 is 1.81 bits per heavy atom. The number of anilines is 1. The van der Waals surface area contributed by atoms with Crippen LogP contribution in [0.2, 0.25) is 0 Å². The zero-order valence-corrected chi connectivity index (χ0v) is 13.0. The van der Waals surface area contributed by atoms with Crippen LogP contribution in [0.15, 0.2) is 18.2 Å². The molecule has 6 nitrogen and oxygen atoms in total. The molecule has 1 unspecified atom stereocenters. The number of alkyl halides is 1. The van der Waals surface area contributed by atoms with Crippen LogP contribution in [0.5, 0.6) is 11.5 Å². The first-order valence-electron chi connectivity index (χ1n) is 6.63. The number of ether oxygens (including phenoxy) is 2. The Balaban J connectivity index is 2.77. The standard InChI is InChI=1S/C14H19ClN2O4/c1-4-20-11-7-6-10(8-12(11)21-5-2)16-14(19)17-13(18)9(3)15/h6-9H,4-5H2,1-3H3,(H2,16,17,18,19). The molecule has 0 aliphatic rings. The number of halogens is 1. The zero-order valence-electron chi connectivity index (χ0n) is 12.2. The molecule has 0 spiro atoms. The summed E-state index contributed by atoms with van der Waals surface area (Å²) in [6.45, 7) is 6.18. The van der Waals surface area contributed by atoms with Crippen molar-refractivity contribution in [2.24, 2.45) is 0 Å². The number of urea groups is 1. The van der Waals surface area contributed by atoms with Gasteiger partial charge < -0.3 is 14.8 Å². The lowest BCUT2D eigenvalue weighted by Gasteiger charge is -2.13. The predicted octanol–water partition coefficient (Wildman–Crippen LogP) is 2.76. The van der Waals surface area contributed by atoms with Gasteiger partial charge in [-0.3, -0.25) is 10.1 Å². The average molecular weight is 315 g/mol. The number of carbonyl (C=O) groups is 2. The molecular weight excluding hydrogens is 296 g/mol. The maximum atomic E-state index is 11.6. The van der Waals surface area contributed by atoms with Crippen molar-refractivity contribution in [3.8, 4) is 11.5 Å². The molecule has 0 heterocycles. The number of imide groups is 1. The first-order valence-corrected chi connectivity index (χ1v) is 7.07. The van der Waals surface area contributed by atoms with Crippen LogP contribution in [0.3, 0.4) is 0 Å². The number of carbonyl (C=O) groups excluding carboxylic acids is 2. The normalized spacial score (nSPS) is 11.4. The van der Waals surface area contributed by atoms with E-state index in [9.17, 15) is 9.59 Å². The van der Waals surface area contributed by atoms with Crippen LogP contribution < -0.4 is 20.1 Å². The van der Waals surface area contributed by atoms with Crippen molar-refractivity contribution in [3.63, 3.8) is 0 Å². The Morgan fingerprint density at radius 3 is 2.38 bits per heavy atom. The minimum atomic E-state index is -0.782. The third-order valence-electron chi connectivity index (χ3n) is 2.40. The quantitative estimate of drug-likeness (QED) is 0.792. The van der Waals surface area contributed by atoms with Crippen LogP contribution in [0.1, 0.15) is 20.8 Å². The summed E-state index contributed by atoms with van der Waals surface area (Å²) >= 11 is 5.57. The van der Waals surface area contributed by atoms with Crippen molar-refractivity contribution in [2.45, 2.75) is 26.1 Å². The Labute approximate surface area is 128 Å².